The standard InChI is InChI=1S/C20H22BrClN2O2/c1-25-14-5-3-13(4-6-14)11-24-12-20(8-7-15(9-20)26-2)17-18(22)16(21)10-23-19(17)24/h3-6,10,15H,7-9,11-12H2,1-2H3. The molecular weight excluding hydrogens is 416 g/mol. The number of hydrogen-bond donors (Lipinski definition) is 0. The summed E-state index contributed by atoms with van der Waals surface area (Å²) in [6.45, 7) is 1.73. The lowest BCUT2D eigenvalue weighted by Crippen LogP contribution is -2.32. The van der Waals surface area contributed by atoms with Crippen molar-refractivity contribution in [2.75, 3.05) is 25.7 Å². The van der Waals surface area contributed by atoms with Gasteiger partial charge in [-0.1, -0.05) is 23.7 Å². The lowest BCUT2D eigenvalue weighted by atomic mass is 9.81. The molecule has 0 amide bonds. The van der Waals surface area contributed by atoms with Gasteiger partial charge in [-0.25, -0.2) is 4.98 Å². The van der Waals surface area contributed by atoms with Crippen molar-refractivity contribution in [3.63, 3.8) is 0 Å². The van der Waals surface area contributed by atoms with Crippen LogP contribution in [0.2, 0.25) is 5.02 Å². The average Bonchev–Trinajstić information content (AvgIpc) is 3.21. The van der Waals surface area contributed by atoms with Crippen molar-refractivity contribution in [3.05, 3.63) is 51.1 Å². The normalized spacial score (nSPS) is 24.3. The molecule has 2 aliphatic rings. The smallest absolute Gasteiger partial charge is 0.134 e. The Morgan fingerprint density at radius 1 is 1.31 bits per heavy atom. The van der Waals surface area contributed by atoms with E-state index in [0.29, 0.717) is 6.10 Å². The van der Waals surface area contributed by atoms with Crippen LogP contribution in [-0.2, 0) is 16.7 Å². The minimum absolute atomic E-state index is 0.0242. The van der Waals surface area contributed by atoms with Crippen molar-refractivity contribution < 1.29 is 9.47 Å². The van der Waals surface area contributed by atoms with Crippen LogP contribution < -0.4 is 9.64 Å². The van der Waals surface area contributed by atoms with Crippen molar-refractivity contribution in [2.45, 2.75) is 37.3 Å². The molecule has 6 heteroatoms. The number of rotatable bonds is 4. The zero-order valence-corrected chi connectivity index (χ0v) is 17.3. The van der Waals surface area contributed by atoms with Gasteiger partial charge < -0.3 is 14.4 Å². The summed E-state index contributed by atoms with van der Waals surface area (Å²) in [6.07, 6.45) is 5.24. The highest BCUT2D eigenvalue weighted by Gasteiger charge is 2.50. The average molecular weight is 438 g/mol. The summed E-state index contributed by atoms with van der Waals surface area (Å²) in [7, 11) is 3.49. The Kier molecular flexibility index (Phi) is 4.88. The fourth-order valence-electron chi connectivity index (χ4n) is 4.42. The van der Waals surface area contributed by atoms with Crippen LogP contribution in [0.25, 0.3) is 0 Å². The topological polar surface area (TPSA) is 34.6 Å². The molecular formula is C20H22BrClN2O2. The number of aromatic nitrogens is 1. The summed E-state index contributed by atoms with van der Waals surface area (Å²) in [5.41, 5.74) is 2.44. The van der Waals surface area contributed by atoms with Crippen LogP contribution in [0.5, 0.6) is 5.75 Å². The van der Waals surface area contributed by atoms with E-state index in [1.54, 1.807) is 14.2 Å². The van der Waals surface area contributed by atoms with Gasteiger partial charge in [0, 0.05) is 37.4 Å². The van der Waals surface area contributed by atoms with E-state index in [2.05, 4.69) is 33.0 Å². The van der Waals surface area contributed by atoms with Crippen molar-refractivity contribution in [2.24, 2.45) is 0 Å². The molecule has 1 aromatic heterocycles. The number of fused-ring (bicyclic) bond motifs is 2. The minimum atomic E-state index is 0.0242. The quantitative estimate of drug-likeness (QED) is 0.677. The first-order valence-electron chi connectivity index (χ1n) is 8.81. The molecule has 4 nitrogen and oxygen atoms in total. The molecule has 2 aromatic rings. The molecule has 2 unspecified atom stereocenters. The van der Waals surface area contributed by atoms with Crippen molar-refractivity contribution in [1.29, 1.82) is 0 Å². The van der Waals surface area contributed by atoms with Crippen molar-refractivity contribution in [1.82, 2.24) is 4.98 Å². The molecule has 138 valence electrons. The third kappa shape index (κ3) is 3.00. The van der Waals surface area contributed by atoms with Gasteiger partial charge in [0.25, 0.3) is 0 Å². The number of methoxy groups -OCH3 is 2. The van der Waals surface area contributed by atoms with Crippen LogP contribution in [-0.4, -0.2) is 31.9 Å². The fourth-order valence-corrected chi connectivity index (χ4v) is 5.05. The number of hydrogen-bond acceptors (Lipinski definition) is 4. The lowest BCUT2D eigenvalue weighted by Gasteiger charge is -2.26. The van der Waals surface area contributed by atoms with E-state index in [0.717, 1.165) is 53.4 Å². The molecule has 1 aliphatic carbocycles. The Bertz CT molecular complexity index is 814. The van der Waals surface area contributed by atoms with Gasteiger partial charge in [0.05, 0.1) is 22.7 Å². The van der Waals surface area contributed by atoms with E-state index in [4.69, 9.17) is 26.1 Å². The molecule has 2 heterocycles. The van der Waals surface area contributed by atoms with Gasteiger partial charge in [-0.15, -0.1) is 0 Å². The Labute approximate surface area is 167 Å². The molecule has 1 saturated carbocycles. The molecule has 0 radical (unpaired) electrons. The summed E-state index contributed by atoms with van der Waals surface area (Å²) in [4.78, 5) is 7.08. The maximum atomic E-state index is 6.74. The van der Waals surface area contributed by atoms with E-state index in [1.807, 2.05) is 18.3 Å². The Hall–Kier alpha value is -1.30. The molecule has 1 spiro atoms. The Balaban J connectivity index is 1.69. The van der Waals surface area contributed by atoms with Crippen LogP contribution in [0.3, 0.4) is 0 Å². The first-order valence-corrected chi connectivity index (χ1v) is 9.98. The van der Waals surface area contributed by atoms with Crippen LogP contribution >= 0.6 is 27.5 Å². The molecule has 2 atom stereocenters. The monoisotopic (exact) mass is 436 g/mol. The zero-order chi connectivity index (χ0) is 18.3. The minimum Gasteiger partial charge on any atom is -0.497 e. The number of ether oxygens (including phenoxy) is 2. The highest BCUT2D eigenvalue weighted by Crippen LogP contribution is 2.54. The molecule has 1 aliphatic heterocycles. The summed E-state index contributed by atoms with van der Waals surface area (Å²) >= 11 is 10.3. The molecule has 0 bridgehead atoms. The largest absolute Gasteiger partial charge is 0.497 e. The summed E-state index contributed by atoms with van der Waals surface area (Å²) in [5.74, 6) is 1.88. The highest BCUT2D eigenvalue weighted by atomic mass is 79.9. The lowest BCUT2D eigenvalue weighted by molar-refractivity contribution is 0.104. The summed E-state index contributed by atoms with van der Waals surface area (Å²) in [5, 5.41) is 0.795. The van der Waals surface area contributed by atoms with E-state index in [1.165, 1.54) is 11.1 Å². The molecule has 0 N–H and O–H groups in total. The van der Waals surface area contributed by atoms with Gasteiger partial charge in [-0.2, -0.15) is 0 Å². The molecule has 1 aromatic carbocycles. The number of pyridine rings is 1. The van der Waals surface area contributed by atoms with Gasteiger partial charge in [0.1, 0.15) is 11.6 Å². The predicted octanol–water partition coefficient (Wildman–Crippen LogP) is 4.96. The summed E-state index contributed by atoms with van der Waals surface area (Å²) in [6, 6.07) is 8.22. The molecule has 0 saturated heterocycles. The second-order valence-electron chi connectivity index (χ2n) is 7.20. The van der Waals surface area contributed by atoms with E-state index < -0.39 is 0 Å². The highest BCUT2D eigenvalue weighted by molar-refractivity contribution is 9.10. The van der Waals surface area contributed by atoms with Gasteiger partial charge in [0.2, 0.25) is 0 Å². The van der Waals surface area contributed by atoms with Crippen molar-refractivity contribution >= 4 is 33.3 Å². The second-order valence-corrected chi connectivity index (χ2v) is 8.44. The number of halogens is 2. The maximum absolute atomic E-state index is 6.74. The molecule has 26 heavy (non-hydrogen) atoms. The Morgan fingerprint density at radius 2 is 2.08 bits per heavy atom. The number of anilines is 1. The van der Waals surface area contributed by atoms with Gasteiger partial charge in [0.15, 0.2) is 0 Å². The predicted molar refractivity (Wildman–Crippen MR) is 107 cm³/mol. The maximum Gasteiger partial charge on any atom is 0.134 e. The van der Waals surface area contributed by atoms with Crippen molar-refractivity contribution in [3.8, 4) is 5.75 Å². The van der Waals surface area contributed by atoms with E-state index >= 15 is 0 Å². The summed E-state index contributed by atoms with van der Waals surface area (Å²) < 4.78 is 11.8. The zero-order valence-electron chi connectivity index (χ0n) is 15.0. The van der Waals surface area contributed by atoms with Gasteiger partial charge in [-0.3, -0.25) is 0 Å². The molecule has 4 rings (SSSR count). The first-order chi connectivity index (χ1) is 12.6. The van der Waals surface area contributed by atoms with E-state index in [-0.39, 0.29) is 5.41 Å². The Morgan fingerprint density at radius 3 is 2.73 bits per heavy atom. The number of benzene rings is 1. The number of nitrogens with zero attached hydrogens (tertiary/aromatic N) is 2. The third-order valence-corrected chi connectivity index (χ3v) is 6.93. The van der Waals surface area contributed by atoms with Crippen LogP contribution in [0.1, 0.15) is 30.4 Å². The molecule has 1 fully saturated rings. The second kappa shape index (κ2) is 7.02. The van der Waals surface area contributed by atoms with E-state index in [9.17, 15) is 0 Å². The first kappa shape index (κ1) is 18.1. The van der Waals surface area contributed by atoms with Gasteiger partial charge >= 0.3 is 0 Å². The third-order valence-electron chi connectivity index (χ3n) is 5.71. The van der Waals surface area contributed by atoms with Crippen LogP contribution in [0, 0.1) is 0 Å². The van der Waals surface area contributed by atoms with Gasteiger partial charge in [-0.05, 0) is 52.9 Å². The SMILES string of the molecule is COc1ccc(CN2CC3(CCC(OC)C3)c3c2ncc(Br)c3Cl)cc1. The van der Waals surface area contributed by atoms with Crippen LogP contribution in [0.15, 0.2) is 34.9 Å². The van der Waals surface area contributed by atoms with Crippen LogP contribution in [0.4, 0.5) is 5.82 Å². The fraction of sp³-hybridized carbons (Fsp3) is 0.450.